The highest BCUT2D eigenvalue weighted by atomic mass is 79.9. The molecule has 1 heterocycles. The summed E-state index contributed by atoms with van der Waals surface area (Å²) >= 11 is 5.24. The van der Waals surface area contributed by atoms with E-state index in [-0.39, 0.29) is 11.9 Å². The molecule has 4 heteroatoms. The van der Waals surface area contributed by atoms with Crippen molar-refractivity contribution in [3.63, 3.8) is 0 Å². The zero-order valence-corrected chi connectivity index (χ0v) is 13.9. The van der Waals surface area contributed by atoms with Crippen molar-refractivity contribution in [2.45, 2.75) is 32.2 Å². The summed E-state index contributed by atoms with van der Waals surface area (Å²) in [5, 5.41) is 5.55. The lowest BCUT2D eigenvalue weighted by Gasteiger charge is -2.20. The minimum absolute atomic E-state index is 0.0487. The average molecular weight is 356 g/mol. The Kier molecular flexibility index (Phi) is 6.20. The van der Waals surface area contributed by atoms with Crippen LogP contribution in [0.3, 0.4) is 0 Å². The van der Waals surface area contributed by atoms with Crippen molar-refractivity contribution in [3.8, 4) is 0 Å². The van der Waals surface area contributed by atoms with Crippen LogP contribution in [0.25, 0.3) is 0 Å². The first-order valence-electron chi connectivity index (χ1n) is 6.92. The van der Waals surface area contributed by atoms with Gasteiger partial charge in [0.1, 0.15) is 5.82 Å². The van der Waals surface area contributed by atoms with Gasteiger partial charge in [-0.25, -0.2) is 4.39 Å². The van der Waals surface area contributed by atoms with Gasteiger partial charge in [0.05, 0.1) is 0 Å². The smallest absolute Gasteiger partial charge is 0.129 e. The van der Waals surface area contributed by atoms with Crippen molar-refractivity contribution >= 4 is 27.3 Å². The molecule has 108 valence electrons. The molecule has 0 aliphatic heterocycles. The molecule has 0 bridgehead atoms. The van der Waals surface area contributed by atoms with Crippen LogP contribution < -0.4 is 5.32 Å². The number of aryl methyl sites for hydroxylation is 1. The van der Waals surface area contributed by atoms with Gasteiger partial charge in [-0.15, -0.1) is 11.3 Å². The number of benzene rings is 1. The normalized spacial score (nSPS) is 12.6. The van der Waals surface area contributed by atoms with Crippen LogP contribution in [0.4, 0.5) is 4.39 Å². The highest BCUT2D eigenvalue weighted by Gasteiger charge is 2.18. The fraction of sp³-hybridized carbons (Fsp3) is 0.375. The molecule has 1 N–H and O–H groups in total. The van der Waals surface area contributed by atoms with Gasteiger partial charge in [-0.2, -0.15) is 0 Å². The van der Waals surface area contributed by atoms with Crippen molar-refractivity contribution < 1.29 is 4.39 Å². The summed E-state index contributed by atoms with van der Waals surface area (Å²) in [6.45, 7) is 3.02. The Morgan fingerprint density at radius 1 is 1.30 bits per heavy atom. The minimum atomic E-state index is -0.140. The molecule has 0 radical (unpaired) electrons. The van der Waals surface area contributed by atoms with Gasteiger partial charge < -0.3 is 5.32 Å². The van der Waals surface area contributed by atoms with Gasteiger partial charge in [-0.05, 0) is 49.4 Å². The van der Waals surface area contributed by atoms with E-state index >= 15 is 0 Å². The Hall–Kier alpha value is -0.710. The van der Waals surface area contributed by atoms with Gasteiger partial charge in [0.15, 0.2) is 0 Å². The molecule has 20 heavy (non-hydrogen) atoms. The lowest BCUT2D eigenvalue weighted by molar-refractivity contribution is 0.473. The molecule has 0 saturated heterocycles. The molecule has 0 fully saturated rings. The van der Waals surface area contributed by atoms with Crippen LogP contribution in [0, 0.1) is 5.82 Å². The van der Waals surface area contributed by atoms with Crippen molar-refractivity contribution in [1.29, 1.82) is 0 Å². The van der Waals surface area contributed by atoms with Crippen LogP contribution in [0.1, 0.15) is 36.2 Å². The van der Waals surface area contributed by atoms with Crippen molar-refractivity contribution in [2.75, 3.05) is 6.54 Å². The van der Waals surface area contributed by atoms with Gasteiger partial charge in [-0.1, -0.05) is 35.0 Å². The topological polar surface area (TPSA) is 12.0 Å². The van der Waals surface area contributed by atoms with Crippen LogP contribution in [-0.4, -0.2) is 6.54 Å². The lowest BCUT2D eigenvalue weighted by atomic mass is 10.0. The van der Waals surface area contributed by atoms with Crippen LogP contribution in [-0.2, 0) is 6.42 Å². The predicted molar refractivity (Wildman–Crippen MR) is 87.8 cm³/mol. The summed E-state index contributed by atoms with van der Waals surface area (Å²) in [4.78, 5) is 1.35. The maximum Gasteiger partial charge on any atom is 0.129 e. The second kappa shape index (κ2) is 7.91. The molecule has 0 amide bonds. The molecular weight excluding hydrogens is 337 g/mol. The van der Waals surface area contributed by atoms with Crippen LogP contribution in [0.15, 0.2) is 40.2 Å². The average Bonchev–Trinajstić information content (AvgIpc) is 2.94. The van der Waals surface area contributed by atoms with E-state index in [9.17, 15) is 4.39 Å². The summed E-state index contributed by atoms with van der Waals surface area (Å²) in [7, 11) is 0. The zero-order valence-electron chi connectivity index (χ0n) is 11.5. The second-order valence-electron chi connectivity index (χ2n) is 4.76. The first kappa shape index (κ1) is 15.7. The number of hydrogen-bond acceptors (Lipinski definition) is 2. The quantitative estimate of drug-likeness (QED) is 0.708. The molecule has 1 atom stereocenters. The summed E-state index contributed by atoms with van der Waals surface area (Å²) in [6, 6.07) is 9.42. The van der Waals surface area contributed by atoms with E-state index in [0.29, 0.717) is 0 Å². The SMILES string of the molecule is CCCNC(CCc1cccs1)c1c(F)cccc1Br. The maximum absolute atomic E-state index is 14.1. The number of hydrogen-bond donors (Lipinski definition) is 1. The molecule has 1 aromatic carbocycles. The fourth-order valence-electron chi connectivity index (χ4n) is 2.25. The molecule has 2 aromatic rings. The molecule has 1 aromatic heterocycles. The predicted octanol–water partition coefficient (Wildman–Crippen LogP) is 5.32. The van der Waals surface area contributed by atoms with Crippen LogP contribution in [0.5, 0.6) is 0 Å². The molecule has 2 rings (SSSR count). The standard InChI is InChI=1S/C16H19BrFNS/c1-2-10-19-15(9-8-12-5-4-11-20-12)16-13(17)6-3-7-14(16)18/h3-7,11,15,19H,2,8-10H2,1H3. The number of nitrogens with one attached hydrogen (secondary N) is 1. The zero-order chi connectivity index (χ0) is 14.4. The second-order valence-corrected chi connectivity index (χ2v) is 6.65. The van der Waals surface area contributed by atoms with E-state index in [1.54, 1.807) is 17.4 Å². The van der Waals surface area contributed by atoms with Gasteiger partial charge in [0.25, 0.3) is 0 Å². The molecule has 0 aliphatic carbocycles. The Morgan fingerprint density at radius 3 is 2.80 bits per heavy atom. The highest BCUT2D eigenvalue weighted by molar-refractivity contribution is 9.10. The molecular formula is C16H19BrFNS. The summed E-state index contributed by atoms with van der Waals surface area (Å²) in [5.41, 5.74) is 0.748. The first-order valence-corrected chi connectivity index (χ1v) is 8.59. The summed E-state index contributed by atoms with van der Waals surface area (Å²) in [6.07, 6.45) is 2.92. The highest BCUT2D eigenvalue weighted by Crippen LogP contribution is 2.29. The third kappa shape index (κ3) is 4.14. The van der Waals surface area contributed by atoms with E-state index in [0.717, 1.165) is 35.8 Å². The summed E-state index contributed by atoms with van der Waals surface area (Å²) in [5.74, 6) is -0.140. The molecule has 1 unspecified atom stereocenters. The van der Waals surface area contributed by atoms with E-state index in [2.05, 4.69) is 45.7 Å². The third-order valence-corrected chi connectivity index (χ3v) is 4.88. The first-order chi connectivity index (χ1) is 9.72. The fourth-order valence-corrected chi connectivity index (χ4v) is 3.60. The number of halogens is 2. The van der Waals surface area contributed by atoms with Gasteiger partial charge in [0.2, 0.25) is 0 Å². The third-order valence-electron chi connectivity index (χ3n) is 3.25. The Bertz CT molecular complexity index is 507. The van der Waals surface area contributed by atoms with Gasteiger partial charge >= 0.3 is 0 Å². The Morgan fingerprint density at radius 2 is 2.15 bits per heavy atom. The van der Waals surface area contributed by atoms with E-state index < -0.39 is 0 Å². The monoisotopic (exact) mass is 355 g/mol. The molecule has 0 saturated carbocycles. The van der Waals surface area contributed by atoms with Crippen LogP contribution in [0.2, 0.25) is 0 Å². The van der Waals surface area contributed by atoms with Crippen molar-refractivity contribution in [1.82, 2.24) is 5.32 Å². The van der Waals surface area contributed by atoms with Gasteiger partial charge in [-0.3, -0.25) is 0 Å². The lowest BCUT2D eigenvalue weighted by Crippen LogP contribution is -2.24. The van der Waals surface area contributed by atoms with Crippen molar-refractivity contribution in [3.05, 3.63) is 56.4 Å². The number of rotatable bonds is 7. The van der Waals surface area contributed by atoms with Gasteiger partial charge in [0, 0.05) is 21.0 Å². The molecule has 1 nitrogen and oxygen atoms in total. The van der Waals surface area contributed by atoms with E-state index in [1.807, 2.05) is 6.07 Å². The maximum atomic E-state index is 14.1. The minimum Gasteiger partial charge on any atom is -0.310 e. The molecule has 0 spiro atoms. The van der Waals surface area contributed by atoms with E-state index in [4.69, 9.17) is 0 Å². The largest absolute Gasteiger partial charge is 0.310 e. The number of thiophene rings is 1. The molecule has 0 aliphatic rings. The summed E-state index contributed by atoms with van der Waals surface area (Å²) < 4.78 is 15.0. The Labute approximate surface area is 132 Å². The van der Waals surface area contributed by atoms with E-state index in [1.165, 1.54) is 10.9 Å². The Balaban J connectivity index is 2.13. The van der Waals surface area contributed by atoms with Crippen molar-refractivity contribution in [2.24, 2.45) is 0 Å². The van der Waals surface area contributed by atoms with Crippen LogP contribution >= 0.6 is 27.3 Å².